The Morgan fingerprint density at radius 1 is 1.33 bits per heavy atom. The van der Waals surface area contributed by atoms with Crippen LogP contribution in [0.25, 0.3) is 0 Å². The smallest absolute Gasteiger partial charge is 0.345 e. The van der Waals surface area contributed by atoms with E-state index in [1.165, 1.54) is 11.0 Å². The molecule has 0 aliphatic heterocycles. The average Bonchev–Trinajstić information content (AvgIpc) is 2.23. The first-order chi connectivity index (χ1) is 8.23. The maximum atomic E-state index is 12.5. The number of anilines is 1. The maximum Gasteiger partial charge on any atom is 0.405 e. The van der Waals surface area contributed by atoms with Crippen LogP contribution in [-0.2, 0) is 6.42 Å². The Morgan fingerprint density at radius 3 is 2.39 bits per heavy atom. The summed E-state index contributed by atoms with van der Waals surface area (Å²) < 4.78 is 38.1. The van der Waals surface area contributed by atoms with E-state index in [9.17, 15) is 13.2 Å². The average molecular weight is 326 g/mol. The Balaban J connectivity index is 3.09. The molecule has 1 aromatic rings. The zero-order valence-corrected chi connectivity index (χ0v) is 12.0. The van der Waals surface area contributed by atoms with Gasteiger partial charge < -0.3 is 4.90 Å². The molecule has 102 valence electrons. The standard InChI is InChI=1S/C11H15BrF3N3/c1-4-9-16-8(12)5-10(17-9)18(7(2)3)6-11(13,14)15/h5,7H,4,6H2,1-3H3. The molecule has 0 saturated heterocycles. The van der Waals surface area contributed by atoms with Crippen molar-refractivity contribution in [2.75, 3.05) is 11.4 Å². The van der Waals surface area contributed by atoms with Crippen molar-refractivity contribution < 1.29 is 13.2 Å². The lowest BCUT2D eigenvalue weighted by Crippen LogP contribution is -2.39. The van der Waals surface area contributed by atoms with Gasteiger partial charge in [-0.25, -0.2) is 9.97 Å². The van der Waals surface area contributed by atoms with Crippen LogP contribution in [0.3, 0.4) is 0 Å². The Labute approximate surface area is 113 Å². The highest BCUT2D eigenvalue weighted by Crippen LogP contribution is 2.24. The summed E-state index contributed by atoms with van der Waals surface area (Å²) in [6.45, 7) is 4.24. The summed E-state index contributed by atoms with van der Waals surface area (Å²) in [4.78, 5) is 9.44. The van der Waals surface area contributed by atoms with Gasteiger partial charge in [-0.1, -0.05) is 6.92 Å². The van der Waals surface area contributed by atoms with Gasteiger partial charge in [0.1, 0.15) is 22.8 Å². The summed E-state index contributed by atoms with van der Waals surface area (Å²) in [7, 11) is 0. The Bertz CT molecular complexity index is 407. The second-order valence-corrected chi connectivity index (χ2v) is 4.97. The third-order valence-corrected chi connectivity index (χ3v) is 2.72. The number of halogens is 4. The first-order valence-corrected chi connectivity index (χ1v) is 6.39. The molecule has 0 spiro atoms. The lowest BCUT2D eigenvalue weighted by molar-refractivity contribution is -0.120. The molecule has 0 N–H and O–H groups in total. The van der Waals surface area contributed by atoms with E-state index in [0.717, 1.165) is 0 Å². The molecular weight excluding hydrogens is 311 g/mol. The van der Waals surface area contributed by atoms with Gasteiger partial charge >= 0.3 is 6.18 Å². The van der Waals surface area contributed by atoms with Crippen molar-refractivity contribution in [2.24, 2.45) is 0 Å². The van der Waals surface area contributed by atoms with Gasteiger partial charge in [-0.2, -0.15) is 13.2 Å². The molecule has 7 heteroatoms. The fraction of sp³-hybridized carbons (Fsp3) is 0.636. The van der Waals surface area contributed by atoms with Crippen molar-refractivity contribution in [1.29, 1.82) is 0 Å². The highest BCUT2D eigenvalue weighted by atomic mass is 79.9. The molecule has 0 aliphatic rings. The predicted molar refractivity (Wildman–Crippen MR) is 67.6 cm³/mol. The Hall–Kier alpha value is -0.850. The minimum Gasteiger partial charge on any atom is -0.345 e. The molecule has 0 aromatic carbocycles. The van der Waals surface area contributed by atoms with E-state index in [-0.39, 0.29) is 6.04 Å². The Kier molecular flexibility index (Phi) is 4.95. The molecule has 0 atom stereocenters. The van der Waals surface area contributed by atoms with Gasteiger partial charge in [-0.15, -0.1) is 0 Å². The third kappa shape index (κ3) is 4.44. The number of rotatable bonds is 4. The quantitative estimate of drug-likeness (QED) is 0.792. The molecule has 0 unspecified atom stereocenters. The second-order valence-electron chi connectivity index (χ2n) is 4.16. The van der Waals surface area contributed by atoms with Crippen molar-refractivity contribution in [2.45, 2.75) is 39.4 Å². The SMILES string of the molecule is CCc1nc(Br)cc(N(CC(F)(F)F)C(C)C)n1. The van der Waals surface area contributed by atoms with Gasteiger partial charge in [0.05, 0.1) is 0 Å². The molecule has 1 heterocycles. The first-order valence-electron chi connectivity index (χ1n) is 5.59. The van der Waals surface area contributed by atoms with Crippen molar-refractivity contribution in [1.82, 2.24) is 9.97 Å². The molecule has 3 nitrogen and oxygen atoms in total. The summed E-state index contributed by atoms with van der Waals surface area (Å²) >= 11 is 3.19. The van der Waals surface area contributed by atoms with Gasteiger partial charge in [0, 0.05) is 18.5 Å². The van der Waals surface area contributed by atoms with E-state index < -0.39 is 12.7 Å². The minimum absolute atomic E-state index is 0.293. The second kappa shape index (κ2) is 5.86. The van der Waals surface area contributed by atoms with E-state index >= 15 is 0 Å². The van der Waals surface area contributed by atoms with Crippen molar-refractivity contribution in [3.05, 3.63) is 16.5 Å². The topological polar surface area (TPSA) is 29.0 Å². The zero-order valence-electron chi connectivity index (χ0n) is 10.4. The molecule has 1 aromatic heterocycles. The fourth-order valence-corrected chi connectivity index (χ4v) is 1.89. The fourth-order valence-electron chi connectivity index (χ4n) is 1.48. The van der Waals surface area contributed by atoms with Gasteiger partial charge in [0.2, 0.25) is 0 Å². The van der Waals surface area contributed by atoms with Crippen LogP contribution in [0.5, 0.6) is 0 Å². The highest BCUT2D eigenvalue weighted by molar-refractivity contribution is 9.10. The van der Waals surface area contributed by atoms with Gasteiger partial charge in [-0.3, -0.25) is 0 Å². The summed E-state index contributed by atoms with van der Waals surface area (Å²) in [5, 5.41) is 0. The monoisotopic (exact) mass is 325 g/mol. The van der Waals surface area contributed by atoms with Gasteiger partial charge in [0.25, 0.3) is 0 Å². The van der Waals surface area contributed by atoms with E-state index in [4.69, 9.17) is 0 Å². The first kappa shape index (κ1) is 15.2. The van der Waals surface area contributed by atoms with Crippen molar-refractivity contribution in [3.63, 3.8) is 0 Å². The maximum absolute atomic E-state index is 12.5. The van der Waals surface area contributed by atoms with Crippen LogP contribution in [0.1, 0.15) is 26.6 Å². The lowest BCUT2D eigenvalue weighted by atomic mass is 10.3. The van der Waals surface area contributed by atoms with Crippen LogP contribution in [0, 0.1) is 0 Å². The number of hydrogen-bond donors (Lipinski definition) is 0. The summed E-state index contributed by atoms with van der Waals surface area (Å²) in [5.41, 5.74) is 0. The minimum atomic E-state index is -4.26. The number of alkyl halides is 3. The van der Waals surface area contributed by atoms with Gasteiger partial charge in [-0.05, 0) is 29.8 Å². The number of aromatic nitrogens is 2. The van der Waals surface area contributed by atoms with Crippen LogP contribution in [-0.4, -0.2) is 28.7 Å². The molecule has 0 saturated carbocycles. The van der Waals surface area contributed by atoms with Crippen LogP contribution >= 0.6 is 15.9 Å². The number of aryl methyl sites for hydroxylation is 1. The molecule has 1 rings (SSSR count). The predicted octanol–water partition coefficient (Wildman–Crippen LogP) is 3.58. The number of nitrogens with zero attached hydrogens (tertiary/aromatic N) is 3. The van der Waals surface area contributed by atoms with E-state index in [0.29, 0.717) is 22.7 Å². The van der Waals surface area contributed by atoms with E-state index in [1.54, 1.807) is 13.8 Å². The molecule has 0 fully saturated rings. The number of hydrogen-bond acceptors (Lipinski definition) is 3. The Morgan fingerprint density at radius 2 is 1.94 bits per heavy atom. The lowest BCUT2D eigenvalue weighted by Gasteiger charge is -2.29. The van der Waals surface area contributed by atoms with Crippen LogP contribution in [0.4, 0.5) is 19.0 Å². The molecule has 0 aliphatic carbocycles. The van der Waals surface area contributed by atoms with Crippen LogP contribution in [0.2, 0.25) is 0 Å². The van der Waals surface area contributed by atoms with Gasteiger partial charge in [0.15, 0.2) is 0 Å². The van der Waals surface area contributed by atoms with Crippen molar-refractivity contribution >= 4 is 21.7 Å². The molecule has 0 amide bonds. The highest BCUT2D eigenvalue weighted by Gasteiger charge is 2.32. The van der Waals surface area contributed by atoms with E-state index in [1.807, 2.05) is 6.92 Å². The van der Waals surface area contributed by atoms with Crippen LogP contribution in [0.15, 0.2) is 10.7 Å². The molecule has 0 radical (unpaired) electrons. The van der Waals surface area contributed by atoms with Crippen LogP contribution < -0.4 is 4.90 Å². The summed E-state index contributed by atoms with van der Waals surface area (Å²) in [6, 6.07) is 1.21. The molecule has 0 bridgehead atoms. The zero-order chi connectivity index (χ0) is 13.9. The normalized spacial score (nSPS) is 12.0. The molecular formula is C11H15BrF3N3. The molecule has 18 heavy (non-hydrogen) atoms. The summed E-state index contributed by atoms with van der Waals surface area (Å²) in [6.07, 6.45) is -3.68. The largest absolute Gasteiger partial charge is 0.405 e. The third-order valence-electron chi connectivity index (χ3n) is 2.31. The van der Waals surface area contributed by atoms with E-state index in [2.05, 4.69) is 25.9 Å². The summed E-state index contributed by atoms with van der Waals surface area (Å²) in [5.74, 6) is 0.813. The van der Waals surface area contributed by atoms with Crippen molar-refractivity contribution in [3.8, 4) is 0 Å².